The first-order chi connectivity index (χ1) is 14.7. The van der Waals surface area contributed by atoms with Gasteiger partial charge in [-0.15, -0.1) is 0 Å². The summed E-state index contributed by atoms with van der Waals surface area (Å²) in [6.07, 6.45) is -3.09. The predicted octanol–water partition coefficient (Wildman–Crippen LogP) is 3.30. The fraction of sp³-hybridized carbons (Fsp3) is 0.316. The number of non-ortho nitro benzene ring substituents is 1. The van der Waals surface area contributed by atoms with Crippen molar-refractivity contribution in [2.45, 2.75) is 12.7 Å². The minimum Gasteiger partial charge on any atom is -0.345 e. The average molecular weight is 451 g/mol. The Labute approximate surface area is 177 Å². The van der Waals surface area contributed by atoms with Crippen LogP contribution in [0.5, 0.6) is 0 Å². The lowest BCUT2D eigenvalue weighted by molar-refractivity contribution is -0.383. The molecule has 12 heteroatoms. The second-order valence-electron chi connectivity index (χ2n) is 7.01. The molecule has 0 saturated carbocycles. The average Bonchev–Trinajstić information content (AvgIpc) is 2.73. The number of pyridine rings is 1. The highest BCUT2D eigenvalue weighted by molar-refractivity contribution is 7.22. The molecule has 3 aromatic rings. The Bertz CT molecular complexity index is 1180. The van der Waals surface area contributed by atoms with Crippen LogP contribution >= 0.6 is 11.3 Å². The van der Waals surface area contributed by atoms with Crippen LogP contribution in [0.3, 0.4) is 0 Å². The molecule has 0 amide bonds. The molecular weight excluding hydrogens is 435 g/mol. The summed E-state index contributed by atoms with van der Waals surface area (Å²) in [5.41, 5.74) is -1.97. The van der Waals surface area contributed by atoms with E-state index >= 15 is 0 Å². The Morgan fingerprint density at radius 1 is 1.16 bits per heavy atom. The van der Waals surface area contributed by atoms with E-state index in [1.54, 1.807) is 6.20 Å². The molecule has 1 aromatic carbocycles. The number of fused-ring (bicyclic) bond motifs is 1. The molecule has 0 aliphatic carbocycles. The number of nitrogens with zero attached hydrogens (tertiary/aromatic N) is 5. The van der Waals surface area contributed by atoms with Crippen molar-refractivity contribution in [3.05, 3.63) is 68.3 Å². The van der Waals surface area contributed by atoms with Crippen LogP contribution in [-0.4, -0.2) is 46.0 Å². The molecule has 2 aromatic heterocycles. The number of halogens is 3. The quantitative estimate of drug-likeness (QED) is 0.444. The van der Waals surface area contributed by atoms with E-state index < -0.39 is 33.3 Å². The molecule has 1 aliphatic heterocycles. The molecule has 4 rings (SSSR count). The van der Waals surface area contributed by atoms with Crippen molar-refractivity contribution >= 4 is 32.2 Å². The van der Waals surface area contributed by atoms with Crippen molar-refractivity contribution in [3.63, 3.8) is 0 Å². The Hall–Kier alpha value is -3.12. The zero-order valence-electron chi connectivity index (χ0n) is 16.0. The summed E-state index contributed by atoms with van der Waals surface area (Å²) in [6.45, 7) is 3.03. The van der Waals surface area contributed by atoms with Crippen LogP contribution < -0.4 is 10.5 Å². The van der Waals surface area contributed by atoms with Crippen molar-refractivity contribution in [3.8, 4) is 0 Å². The lowest BCUT2D eigenvalue weighted by Crippen LogP contribution is -2.46. The summed E-state index contributed by atoms with van der Waals surface area (Å²) < 4.78 is 39.2. The number of aromatic nitrogens is 2. The maximum atomic E-state index is 13.1. The van der Waals surface area contributed by atoms with E-state index in [9.17, 15) is 28.1 Å². The fourth-order valence-corrected chi connectivity index (χ4v) is 4.51. The van der Waals surface area contributed by atoms with E-state index in [4.69, 9.17) is 0 Å². The van der Waals surface area contributed by atoms with Gasteiger partial charge in [0.2, 0.25) is 0 Å². The molecule has 8 nitrogen and oxygen atoms in total. The monoisotopic (exact) mass is 451 g/mol. The van der Waals surface area contributed by atoms with Crippen LogP contribution in [0.1, 0.15) is 11.3 Å². The Kier molecular flexibility index (Phi) is 5.58. The summed E-state index contributed by atoms with van der Waals surface area (Å²) in [5, 5.41) is 11.3. The van der Waals surface area contributed by atoms with Crippen molar-refractivity contribution in [2.24, 2.45) is 0 Å². The standard InChI is InChI=1S/C19H16F3N5O3S/c20-19(21,22)12-9-14-16(15(10-12)27(29)30)31-18(24-17(14)28)26-7-5-25(6-8-26)11-13-3-1-2-4-23-13/h1-4,9-10H,5-8,11H2. The van der Waals surface area contributed by atoms with Crippen LogP contribution in [0.25, 0.3) is 10.1 Å². The molecule has 1 fully saturated rings. The van der Waals surface area contributed by atoms with Gasteiger partial charge < -0.3 is 4.90 Å². The Balaban J connectivity index is 1.61. The molecular formula is C19H16F3N5O3S. The number of rotatable bonds is 4. The minimum absolute atomic E-state index is 0.107. The molecule has 31 heavy (non-hydrogen) atoms. The number of benzene rings is 1. The molecule has 0 bridgehead atoms. The zero-order valence-corrected chi connectivity index (χ0v) is 16.8. The lowest BCUT2D eigenvalue weighted by atomic mass is 10.1. The molecule has 0 N–H and O–H groups in total. The van der Waals surface area contributed by atoms with Gasteiger partial charge >= 0.3 is 6.18 Å². The normalized spacial score (nSPS) is 15.4. The second kappa shape index (κ2) is 8.19. The van der Waals surface area contributed by atoms with E-state index in [2.05, 4.69) is 14.9 Å². The highest BCUT2D eigenvalue weighted by atomic mass is 32.1. The third kappa shape index (κ3) is 4.49. The largest absolute Gasteiger partial charge is 0.416 e. The van der Waals surface area contributed by atoms with Gasteiger partial charge in [0, 0.05) is 45.0 Å². The van der Waals surface area contributed by atoms with Crippen LogP contribution in [0.15, 0.2) is 41.3 Å². The molecule has 162 valence electrons. The number of nitro groups is 1. The van der Waals surface area contributed by atoms with Gasteiger partial charge in [-0.25, -0.2) is 0 Å². The molecule has 3 heterocycles. The number of piperazine rings is 1. The first-order valence-corrected chi connectivity index (χ1v) is 10.1. The molecule has 0 radical (unpaired) electrons. The van der Waals surface area contributed by atoms with Crippen LogP contribution in [0.2, 0.25) is 0 Å². The maximum Gasteiger partial charge on any atom is 0.416 e. The van der Waals surface area contributed by atoms with Crippen molar-refractivity contribution in [1.82, 2.24) is 14.9 Å². The molecule has 0 spiro atoms. The first-order valence-electron chi connectivity index (χ1n) is 9.30. The van der Waals surface area contributed by atoms with E-state index in [0.717, 1.165) is 17.0 Å². The SMILES string of the molecule is O=c1nc(N2CCN(Cc3ccccn3)CC2)sc2c([N+](=O)[O-])cc(C(F)(F)F)cc12. The van der Waals surface area contributed by atoms with Gasteiger partial charge in [0.25, 0.3) is 11.2 Å². The summed E-state index contributed by atoms with van der Waals surface area (Å²) in [5.74, 6) is 0. The van der Waals surface area contributed by atoms with Gasteiger partial charge in [-0.3, -0.25) is 24.8 Å². The number of nitro benzene ring substituents is 1. The minimum atomic E-state index is -4.81. The Morgan fingerprint density at radius 3 is 2.52 bits per heavy atom. The van der Waals surface area contributed by atoms with Crippen LogP contribution in [-0.2, 0) is 12.7 Å². The van der Waals surface area contributed by atoms with Gasteiger partial charge in [-0.2, -0.15) is 18.2 Å². The van der Waals surface area contributed by atoms with E-state index in [0.29, 0.717) is 44.9 Å². The summed E-state index contributed by atoms with van der Waals surface area (Å²) in [7, 11) is 0. The maximum absolute atomic E-state index is 13.1. The first kappa shape index (κ1) is 21.1. The Morgan fingerprint density at radius 2 is 1.90 bits per heavy atom. The van der Waals surface area contributed by atoms with E-state index in [1.165, 1.54) is 0 Å². The molecule has 1 saturated heterocycles. The second-order valence-corrected chi connectivity index (χ2v) is 7.99. The van der Waals surface area contributed by atoms with Crippen LogP contribution in [0.4, 0.5) is 24.0 Å². The topological polar surface area (TPSA) is 92.5 Å². The third-order valence-corrected chi connectivity index (χ3v) is 6.13. The third-order valence-electron chi connectivity index (χ3n) is 4.97. The van der Waals surface area contributed by atoms with Gasteiger partial charge in [-0.1, -0.05) is 17.4 Å². The number of anilines is 1. The van der Waals surface area contributed by atoms with Gasteiger partial charge in [0.1, 0.15) is 4.70 Å². The number of hydrogen-bond donors (Lipinski definition) is 0. The van der Waals surface area contributed by atoms with E-state index in [1.807, 2.05) is 23.1 Å². The van der Waals surface area contributed by atoms with Crippen LogP contribution in [0, 0.1) is 10.1 Å². The van der Waals surface area contributed by atoms with Gasteiger partial charge in [0.05, 0.1) is 21.6 Å². The van der Waals surface area contributed by atoms with Gasteiger partial charge in [-0.05, 0) is 18.2 Å². The van der Waals surface area contributed by atoms with Crippen molar-refractivity contribution in [1.29, 1.82) is 0 Å². The lowest BCUT2D eigenvalue weighted by Gasteiger charge is -2.34. The van der Waals surface area contributed by atoms with Gasteiger partial charge in [0.15, 0.2) is 5.13 Å². The molecule has 0 unspecified atom stereocenters. The zero-order chi connectivity index (χ0) is 22.2. The van der Waals surface area contributed by atoms with Crippen molar-refractivity contribution < 1.29 is 18.1 Å². The number of alkyl halides is 3. The summed E-state index contributed by atoms with van der Waals surface area (Å²) >= 11 is 0.862. The van der Waals surface area contributed by atoms with Crippen molar-refractivity contribution in [2.75, 3.05) is 31.1 Å². The fourth-order valence-electron chi connectivity index (χ4n) is 3.39. The summed E-state index contributed by atoms with van der Waals surface area (Å²) in [4.78, 5) is 35.2. The van der Waals surface area contributed by atoms with E-state index in [-0.39, 0.29) is 9.83 Å². The molecule has 0 atom stereocenters. The predicted molar refractivity (Wildman–Crippen MR) is 109 cm³/mol. The smallest absolute Gasteiger partial charge is 0.345 e. The molecule has 1 aliphatic rings. The number of hydrogen-bond acceptors (Lipinski definition) is 8. The summed E-state index contributed by atoms with van der Waals surface area (Å²) in [6, 6.07) is 6.77. The highest BCUT2D eigenvalue weighted by Gasteiger charge is 2.34. The highest BCUT2D eigenvalue weighted by Crippen LogP contribution is 2.38.